The molecule has 2 aliphatic heterocycles. The maximum atomic E-state index is 12.7. The minimum absolute atomic E-state index is 0.105. The van der Waals surface area contributed by atoms with Crippen LogP contribution in [0.15, 0.2) is 35.6 Å². The molecular weight excluding hydrogens is 400 g/mol. The molecule has 8 nitrogen and oxygen atoms in total. The highest BCUT2D eigenvalue weighted by molar-refractivity contribution is 8.26. The number of hydrogen-bond acceptors (Lipinski definition) is 7. The van der Waals surface area contributed by atoms with Crippen molar-refractivity contribution in [2.75, 3.05) is 19.9 Å². The van der Waals surface area contributed by atoms with Crippen LogP contribution in [-0.4, -0.2) is 50.9 Å². The molecule has 1 fully saturated rings. The zero-order valence-corrected chi connectivity index (χ0v) is 16.3. The summed E-state index contributed by atoms with van der Waals surface area (Å²) < 4.78 is 11.0. The van der Waals surface area contributed by atoms with Gasteiger partial charge >= 0.3 is 0 Å². The Bertz CT molecular complexity index is 959. The van der Waals surface area contributed by atoms with E-state index in [0.29, 0.717) is 33.7 Å². The summed E-state index contributed by atoms with van der Waals surface area (Å²) in [5.74, 6) is 0.772. The molecule has 144 valence electrons. The highest BCUT2D eigenvalue weighted by Crippen LogP contribution is 2.36. The van der Waals surface area contributed by atoms with E-state index in [2.05, 4.69) is 15.3 Å². The molecule has 0 bridgehead atoms. The van der Waals surface area contributed by atoms with Crippen LogP contribution in [0.1, 0.15) is 11.3 Å². The number of ether oxygens (including phenoxy) is 2. The number of amides is 2. The zero-order chi connectivity index (χ0) is 19.5. The Morgan fingerprint density at radius 1 is 1.39 bits per heavy atom. The SMILES string of the molecule is O=C(CN1C(=O)C(=Cc2ccc3c(c2)OCO3)SC1=S)NCCc1cnc[nH]1. The number of imidazole rings is 1. The summed E-state index contributed by atoms with van der Waals surface area (Å²) in [5, 5.41) is 2.78. The second-order valence-electron chi connectivity index (χ2n) is 6.06. The largest absolute Gasteiger partial charge is 0.454 e. The summed E-state index contributed by atoms with van der Waals surface area (Å²) in [5.41, 5.74) is 1.73. The third-order valence-corrected chi connectivity index (χ3v) is 5.52. The average Bonchev–Trinajstić information content (AvgIpc) is 3.40. The topological polar surface area (TPSA) is 96.6 Å². The number of H-pyrrole nitrogens is 1. The molecule has 3 heterocycles. The predicted octanol–water partition coefficient (Wildman–Crippen LogP) is 1.70. The third kappa shape index (κ3) is 4.02. The van der Waals surface area contributed by atoms with E-state index in [9.17, 15) is 9.59 Å². The fourth-order valence-electron chi connectivity index (χ4n) is 2.75. The first-order chi connectivity index (χ1) is 13.6. The highest BCUT2D eigenvalue weighted by Gasteiger charge is 2.33. The van der Waals surface area contributed by atoms with Crippen LogP contribution in [0.5, 0.6) is 11.5 Å². The van der Waals surface area contributed by atoms with Crippen LogP contribution in [0.2, 0.25) is 0 Å². The van der Waals surface area contributed by atoms with Crippen molar-refractivity contribution in [2.24, 2.45) is 0 Å². The van der Waals surface area contributed by atoms with E-state index in [1.165, 1.54) is 16.7 Å². The van der Waals surface area contributed by atoms with Gasteiger partial charge in [-0.2, -0.15) is 0 Å². The molecule has 0 atom stereocenters. The Balaban J connectivity index is 1.36. The van der Waals surface area contributed by atoms with E-state index in [1.807, 2.05) is 6.07 Å². The van der Waals surface area contributed by atoms with Crippen LogP contribution >= 0.6 is 24.0 Å². The van der Waals surface area contributed by atoms with Crippen LogP contribution < -0.4 is 14.8 Å². The van der Waals surface area contributed by atoms with Crippen molar-refractivity contribution < 1.29 is 19.1 Å². The second kappa shape index (κ2) is 8.03. The minimum atomic E-state index is -0.281. The molecule has 28 heavy (non-hydrogen) atoms. The van der Waals surface area contributed by atoms with Gasteiger partial charge in [-0.05, 0) is 23.8 Å². The minimum Gasteiger partial charge on any atom is -0.454 e. The van der Waals surface area contributed by atoms with Crippen molar-refractivity contribution in [1.82, 2.24) is 20.2 Å². The Hall–Kier alpha value is -2.85. The summed E-state index contributed by atoms with van der Waals surface area (Å²) in [6.07, 6.45) is 5.66. The number of fused-ring (bicyclic) bond motifs is 1. The number of carbonyl (C=O) groups excluding carboxylic acids is 2. The van der Waals surface area contributed by atoms with Crippen molar-refractivity contribution in [3.8, 4) is 11.5 Å². The average molecular weight is 416 g/mol. The van der Waals surface area contributed by atoms with Gasteiger partial charge in [-0.3, -0.25) is 14.5 Å². The smallest absolute Gasteiger partial charge is 0.266 e. The quantitative estimate of drug-likeness (QED) is 0.546. The Morgan fingerprint density at radius 3 is 3.07 bits per heavy atom. The standard InChI is InChI=1S/C18H16N4O4S2/c23-16(20-4-3-12-7-19-9-21-12)8-22-17(24)15(28-18(22)27)6-11-1-2-13-14(5-11)26-10-25-13/h1-2,5-7,9H,3-4,8,10H2,(H,19,21)(H,20,23). The number of nitrogens with one attached hydrogen (secondary N) is 2. The molecule has 1 aromatic heterocycles. The van der Waals surface area contributed by atoms with E-state index in [1.54, 1.807) is 30.7 Å². The Morgan fingerprint density at radius 2 is 2.25 bits per heavy atom. The lowest BCUT2D eigenvalue weighted by Gasteiger charge is -2.14. The highest BCUT2D eigenvalue weighted by atomic mass is 32.2. The van der Waals surface area contributed by atoms with E-state index in [-0.39, 0.29) is 25.2 Å². The number of aromatic nitrogens is 2. The van der Waals surface area contributed by atoms with Crippen LogP contribution in [0.3, 0.4) is 0 Å². The molecule has 0 radical (unpaired) electrons. The summed E-state index contributed by atoms with van der Waals surface area (Å²) in [7, 11) is 0. The van der Waals surface area contributed by atoms with Gasteiger partial charge < -0.3 is 19.8 Å². The number of aromatic amines is 1. The fourth-order valence-corrected chi connectivity index (χ4v) is 4.00. The summed E-state index contributed by atoms with van der Waals surface area (Å²) in [6, 6.07) is 5.43. The van der Waals surface area contributed by atoms with Gasteiger partial charge in [-0.25, -0.2) is 4.98 Å². The number of nitrogens with zero attached hydrogens (tertiary/aromatic N) is 2. The molecule has 4 rings (SSSR count). The first-order valence-electron chi connectivity index (χ1n) is 8.49. The van der Waals surface area contributed by atoms with Gasteiger partial charge in [-0.1, -0.05) is 30.0 Å². The molecule has 10 heteroatoms. The van der Waals surface area contributed by atoms with Crippen molar-refractivity contribution in [2.45, 2.75) is 6.42 Å². The number of thioether (sulfide) groups is 1. The van der Waals surface area contributed by atoms with Gasteiger partial charge in [0.1, 0.15) is 10.9 Å². The summed E-state index contributed by atoms with van der Waals surface area (Å²) in [6.45, 7) is 0.533. The van der Waals surface area contributed by atoms with Crippen molar-refractivity contribution in [3.05, 3.63) is 46.9 Å². The zero-order valence-electron chi connectivity index (χ0n) is 14.6. The van der Waals surface area contributed by atoms with Gasteiger partial charge in [0.15, 0.2) is 11.5 Å². The lowest BCUT2D eigenvalue weighted by atomic mass is 10.2. The summed E-state index contributed by atoms with van der Waals surface area (Å²) in [4.78, 5) is 33.5. The number of rotatable bonds is 6. The van der Waals surface area contributed by atoms with Crippen LogP contribution in [0, 0.1) is 0 Å². The third-order valence-electron chi connectivity index (χ3n) is 4.14. The molecule has 2 aromatic rings. The number of carbonyl (C=O) groups is 2. The van der Waals surface area contributed by atoms with Crippen LogP contribution in [-0.2, 0) is 16.0 Å². The van der Waals surface area contributed by atoms with Gasteiger partial charge in [0.25, 0.3) is 5.91 Å². The maximum absolute atomic E-state index is 12.7. The monoisotopic (exact) mass is 416 g/mol. The number of hydrogen-bond donors (Lipinski definition) is 2. The molecule has 2 aliphatic rings. The normalized spacial score (nSPS) is 16.9. The van der Waals surface area contributed by atoms with Gasteiger partial charge in [0.2, 0.25) is 12.7 Å². The molecular formula is C18H16N4O4S2. The maximum Gasteiger partial charge on any atom is 0.266 e. The molecule has 0 unspecified atom stereocenters. The van der Waals surface area contributed by atoms with Crippen molar-refractivity contribution in [3.63, 3.8) is 0 Å². The first-order valence-corrected chi connectivity index (χ1v) is 9.71. The second-order valence-corrected chi connectivity index (χ2v) is 7.73. The fraction of sp³-hybridized carbons (Fsp3) is 0.222. The van der Waals surface area contributed by atoms with Gasteiger partial charge in [-0.15, -0.1) is 0 Å². The number of thiocarbonyl (C=S) groups is 1. The van der Waals surface area contributed by atoms with Crippen molar-refractivity contribution in [1.29, 1.82) is 0 Å². The van der Waals surface area contributed by atoms with Crippen LogP contribution in [0.25, 0.3) is 6.08 Å². The molecule has 2 N–H and O–H groups in total. The lowest BCUT2D eigenvalue weighted by molar-refractivity contribution is -0.128. The van der Waals surface area contributed by atoms with Gasteiger partial charge in [0.05, 0.1) is 11.2 Å². The van der Waals surface area contributed by atoms with E-state index in [4.69, 9.17) is 21.7 Å². The first kappa shape index (κ1) is 18.5. The summed E-state index contributed by atoms with van der Waals surface area (Å²) >= 11 is 6.45. The van der Waals surface area contributed by atoms with Crippen LogP contribution in [0.4, 0.5) is 0 Å². The van der Waals surface area contributed by atoms with Gasteiger partial charge in [0, 0.05) is 24.9 Å². The lowest BCUT2D eigenvalue weighted by Crippen LogP contribution is -2.40. The predicted molar refractivity (Wildman–Crippen MR) is 108 cm³/mol. The van der Waals surface area contributed by atoms with Crippen molar-refractivity contribution >= 4 is 46.2 Å². The molecule has 1 saturated heterocycles. The van der Waals surface area contributed by atoms with E-state index >= 15 is 0 Å². The molecule has 0 aliphatic carbocycles. The number of benzene rings is 1. The molecule has 1 aromatic carbocycles. The Kier molecular flexibility index (Phi) is 5.31. The molecule has 0 saturated carbocycles. The molecule has 2 amide bonds. The Labute approximate surface area is 170 Å². The molecule has 0 spiro atoms. The van der Waals surface area contributed by atoms with E-state index < -0.39 is 0 Å². The van der Waals surface area contributed by atoms with E-state index in [0.717, 1.165) is 11.3 Å².